The number of carbonyl (C=O) groups is 7. The van der Waals surface area contributed by atoms with Crippen molar-refractivity contribution in [3.63, 3.8) is 0 Å². The van der Waals surface area contributed by atoms with Crippen LogP contribution in [0.2, 0.25) is 0 Å². The molecule has 6 N–H and O–H groups in total. The highest BCUT2D eigenvalue weighted by molar-refractivity contribution is 6.21. The SMILES string of the molecule is CC(=O)Nc1cc2c3c(c1)C(c1ccccc1)CCN3CCC2c1ccccc1.CC(C)OC(=O)CC1C(=O)C(CC(=O)OC(C)C)C(c2ccccc2)NC1c1ccccc1.CCCC(C)C1(CC)C(=O)NC(=Nc2ccc(OC)cc2)NC1=O.CCOC(=O)C1=C(N)Oc2c(ccc3ccccc23)C1c1ccc(OC)cc1. The van der Waals surface area contributed by atoms with Gasteiger partial charge in [0.1, 0.15) is 34.0 Å². The summed E-state index contributed by atoms with van der Waals surface area (Å²) in [6.07, 6.45) is 3.77. The van der Waals surface area contributed by atoms with Crippen molar-refractivity contribution in [2.45, 2.75) is 149 Å². The fraction of sp³-hybridized carbons (Fsp3) is 0.340. The van der Waals surface area contributed by atoms with E-state index in [2.05, 4.69) is 111 Å². The van der Waals surface area contributed by atoms with Crippen molar-refractivity contribution in [2.75, 3.05) is 44.1 Å². The van der Waals surface area contributed by atoms with Gasteiger partial charge in [-0.15, -0.1) is 0 Å². The van der Waals surface area contributed by atoms with E-state index in [1.54, 1.807) is 80.0 Å². The minimum absolute atomic E-state index is 0.0202. The molecule has 0 spiro atoms. The van der Waals surface area contributed by atoms with Crippen molar-refractivity contribution < 1.29 is 62.0 Å². The monoisotopic (exact) mass is 1540 g/mol. The number of hydrogen-bond acceptors (Lipinski definition) is 17. The summed E-state index contributed by atoms with van der Waals surface area (Å²) >= 11 is 0. The zero-order valence-corrected chi connectivity index (χ0v) is 66.9. The van der Waals surface area contributed by atoms with Gasteiger partial charge in [0.2, 0.25) is 29.6 Å². The van der Waals surface area contributed by atoms with Crippen LogP contribution in [0.1, 0.15) is 182 Å². The third kappa shape index (κ3) is 19.4. The highest BCUT2D eigenvalue weighted by atomic mass is 16.5. The lowest BCUT2D eigenvalue weighted by molar-refractivity contribution is -0.155. The Kier molecular flexibility index (Phi) is 28.1. The number of guanidine groups is 1. The lowest BCUT2D eigenvalue weighted by atomic mass is 9.70. The molecular formula is C94H105N7O13. The third-order valence-electron chi connectivity index (χ3n) is 21.7. The molecule has 0 bridgehead atoms. The summed E-state index contributed by atoms with van der Waals surface area (Å²) in [5, 5.41) is 14.2. The van der Waals surface area contributed by atoms with E-state index in [1.165, 1.54) is 27.9 Å². The van der Waals surface area contributed by atoms with Crippen LogP contribution in [0.25, 0.3) is 10.8 Å². The molecule has 2 fully saturated rings. The molecule has 0 aliphatic carbocycles. The van der Waals surface area contributed by atoms with Gasteiger partial charge >= 0.3 is 17.9 Å². The van der Waals surface area contributed by atoms with E-state index in [9.17, 15) is 33.6 Å². The molecule has 5 aliphatic rings. The number of Topliss-reactive ketones (excluding diaryl/α,β-unsaturated/α-hetero) is 1. The molecule has 0 radical (unpaired) electrons. The van der Waals surface area contributed by atoms with Gasteiger partial charge in [-0.2, -0.15) is 0 Å². The summed E-state index contributed by atoms with van der Waals surface area (Å²) in [5.41, 5.74) is 17.5. The Bertz CT molecular complexity index is 4730. The van der Waals surface area contributed by atoms with E-state index in [0.29, 0.717) is 41.0 Å². The molecule has 2 saturated heterocycles. The number of nitrogens with one attached hydrogen (secondary N) is 4. The number of piperidine rings is 1. The zero-order valence-electron chi connectivity index (χ0n) is 66.9. The maximum absolute atomic E-state index is 13.9. The van der Waals surface area contributed by atoms with Crippen molar-refractivity contribution in [2.24, 2.45) is 33.9 Å². The van der Waals surface area contributed by atoms with E-state index in [-0.39, 0.29) is 85.0 Å². The molecule has 9 aromatic rings. The van der Waals surface area contributed by atoms with Crippen LogP contribution in [0.5, 0.6) is 17.2 Å². The van der Waals surface area contributed by atoms with Crippen LogP contribution in [-0.2, 0) is 47.8 Å². The Hall–Kier alpha value is -11.9. The number of rotatable bonds is 21. The molecular weight excluding hydrogens is 1440 g/mol. The molecule has 8 unspecified atom stereocenters. The van der Waals surface area contributed by atoms with Crippen LogP contribution in [0.15, 0.2) is 235 Å². The number of aliphatic imine (C=N–C) groups is 1. The van der Waals surface area contributed by atoms with Gasteiger partial charge in [-0.25, -0.2) is 9.79 Å². The first-order valence-corrected chi connectivity index (χ1v) is 39.5. The number of ketones is 1. The molecule has 5 aliphatic heterocycles. The lowest BCUT2D eigenvalue weighted by Crippen LogP contribution is -2.64. The molecule has 594 valence electrons. The van der Waals surface area contributed by atoms with E-state index in [0.717, 1.165) is 83.2 Å². The number of carbonyl (C=O) groups excluding carboxylic acids is 7. The van der Waals surface area contributed by atoms with Gasteiger partial charge in [0, 0.05) is 78.1 Å². The minimum atomic E-state index is -1.03. The van der Waals surface area contributed by atoms with Crippen LogP contribution >= 0.6 is 0 Å². The number of hydrogen-bond donors (Lipinski definition) is 5. The molecule has 0 saturated carbocycles. The van der Waals surface area contributed by atoms with Crippen molar-refractivity contribution in [1.29, 1.82) is 0 Å². The van der Waals surface area contributed by atoms with Gasteiger partial charge in [0.25, 0.3) is 0 Å². The summed E-state index contributed by atoms with van der Waals surface area (Å²) in [5.74, 6) is -0.656. The van der Waals surface area contributed by atoms with Crippen LogP contribution in [0, 0.1) is 23.2 Å². The third-order valence-corrected chi connectivity index (χ3v) is 21.7. The van der Waals surface area contributed by atoms with E-state index in [1.807, 2.05) is 135 Å². The number of methoxy groups -OCH3 is 2. The molecule has 114 heavy (non-hydrogen) atoms. The average molecular weight is 1540 g/mol. The lowest BCUT2D eigenvalue weighted by Gasteiger charge is -2.43. The van der Waals surface area contributed by atoms with Crippen molar-refractivity contribution >= 4 is 75.2 Å². The molecule has 5 heterocycles. The topological polar surface area (TPSA) is 265 Å². The summed E-state index contributed by atoms with van der Waals surface area (Å²) in [4.78, 5) is 95.9. The first-order valence-electron chi connectivity index (χ1n) is 39.5. The van der Waals surface area contributed by atoms with E-state index >= 15 is 0 Å². The number of ether oxygens (including phenoxy) is 6. The Morgan fingerprint density at radius 2 is 1.06 bits per heavy atom. The number of amides is 3. The van der Waals surface area contributed by atoms with E-state index in [4.69, 9.17) is 34.2 Å². The van der Waals surface area contributed by atoms with Crippen LogP contribution in [0.4, 0.5) is 17.1 Å². The smallest absolute Gasteiger partial charge is 0.340 e. The highest BCUT2D eigenvalue weighted by Crippen LogP contribution is 2.51. The first kappa shape index (κ1) is 83.0. The van der Waals surface area contributed by atoms with Crippen molar-refractivity contribution in [3.05, 3.63) is 274 Å². The van der Waals surface area contributed by atoms with Gasteiger partial charge in [0.05, 0.1) is 57.5 Å². The number of fused-ring (bicyclic) bond motifs is 3. The molecule has 14 rings (SSSR count). The number of anilines is 2. The second-order valence-corrected chi connectivity index (χ2v) is 29.8. The Morgan fingerprint density at radius 3 is 1.52 bits per heavy atom. The van der Waals surface area contributed by atoms with Gasteiger partial charge in [-0.3, -0.25) is 39.4 Å². The average Bonchev–Trinajstić information content (AvgIpc) is 0.745. The van der Waals surface area contributed by atoms with Crippen LogP contribution in [-0.4, -0.2) is 93.5 Å². The minimum Gasteiger partial charge on any atom is -0.497 e. The molecule has 20 nitrogen and oxygen atoms in total. The zero-order chi connectivity index (χ0) is 81.2. The normalized spacial score (nSPS) is 20.2. The van der Waals surface area contributed by atoms with Gasteiger partial charge in [-0.05, 0) is 159 Å². The fourth-order valence-electron chi connectivity index (χ4n) is 16.4. The summed E-state index contributed by atoms with van der Waals surface area (Å²) in [7, 11) is 3.21. The Balaban J connectivity index is 0.000000151. The molecule has 20 heteroatoms. The van der Waals surface area contributed by atoms with Gasteiger partial charge in [-0.1, -0.05) is 197 Å². The Labute approximate surface area is 668 Å². The fourth-order valence-corrected chi connectivity index (χ4v) is 16.4. The molecule has 3 amide bonds. The number of nitrogens with two attached hydrogens (primary N) is 1. The number of nitrogens with zero attached hydrogens (tertiary/aromatic N) is 2. The molecule has 8 atom stereocenters. The van der Waals surface area contributed by atoms with Crippen molar-refractivity contribution in [1.82, 2.24) is 16.0 Å². The standard InChI is InChI=1S/C27H33NO5.C26H26N2O.C23H21NO4.C18H25N3O3/c1-17(2)32-23(29)15-21-25(19-11-7-5-8-12-19)28-26(20-13-9-6-10-14-20)22(27(21)31)16-24(30)33-18(3)4;1-18(29)27-21-16-24-22(19-8-4-2-5-9-19)12-14-28-15-13-23(25(17-21)26(24)28)20-10-6-3-7-11-20;1-3-27-23(25)20-19(15-8-11-16(26-2)12-9-15)18-13-10-14-6-4-5-7-17(14)21(18)28-22(20)24;1-5-7-12(3)18(6-2)15(22)20-17(21-16(18)23)19-13-8-10-14(24-4)11-9-13/h5-14,17-18,21-22,25-26,28H,15-16H2,1-4H3;2-11,16-17,22-23H,12-15H2,1H3,(H,27,29);4-13,19H,3,24H2,1-2H3;8-12H,5-7H2,1-4H3,(H2,19,20,21,22,23). The first-order chi connectivity index (χ1) is 55.1. The quantitative estimate of drug-likeness (QED) is 0.0254. The van der Waals surface area contributed by atoms with Gasteiger partial charge in [0.15, 0.2) is 0 Å². The van der Waals surface area contributed by atoms with Gasteiger partial charge < -0.3 is 49.7 Å². The maximum Gasteiger partial charge on any atom is 0.340 e. The predicted octanol–water partition coefficient (Wildman–Crippen LogP) is 16.9. The maximum atomic E-state index is 13.9. The number of benzene rings is 9. The second kappa shape index (κ2) is 38.6. The highest BCUT2D eigenvalue weighted by Gasteiger charge is 2.52. The molecule has 0 aromatic heterocycles. The van der Waals surface area contributed by atoms with E-state index < -0.39 is 41.1 Å². The number of esters is 3. The summed E-state index contributed by atoms with van der Waals surface area (Å²) in [6.45, 7) is 18.8. The van der Waals surface area contributed by atoms with Crippen molar-refractivity contribution in [3.8, 4) is 17.2 Å². The predicted molar refractivity (Wildman–Crippen MR) is 444 cm³/mol. The molecule has 9 aromatic carbocycles. The van der Waals surface area contributed by atoms with Crippen LogP contribution < -0.4 is 46.1 Å². The Morgan fingerprint density at radius 1 is 0.588 bits per heavy atom. The van der Waals surface area contributed by atoms with Crippen LogP contribution in [0.3, 0.4) is 0 Å². The summed E-state index contributed by atoms with van der Waals surface area (Å²) < 4.78 is 32.3. The largest absolute Gasteiger partial charge is 0.497 e. The summed E-state index contributed by atoms with van der Waals surface area (Å²) in [6, 6.07) is 71.0. The second-order valence-electron chi connectivity index (χ2n) is 29.8.